The van der Waals surface area contributed by atoms with Crippen LogP contribution in [-0.4, -0.2) is 19.8 Å². The van der Waals surface area contributed by atoms with E-state index in [2.05, 4.69) is 0 Å². The standard InChI is InChI=1S/C15H17ClN2O2S/c1-11-14(17)7-4-8-15(11)21(19,20)18(2)10-12-5-3-6-13(16)9-12/h3-9H,10,17H2,1-2H3. The lowest BCUT2D eigenvalue weighted by molar-refractivity contribution is 0.466. The monoisotopic (exact) mass is 324 g/mol. The smallest absolute Gasteiger partial charge is 0.243 e. The first kappa shape index (κ1) is 15.8. The molecule has 6 heteroatoms. The Balaban J connectivity index is 2.33. The Morgan fingerprint density at radius 3 is 2.52 bits per heavy atom. The summed E-state index contributed by atoms with van der Waals surface area (Å²) in [6.07, 6.45) is 0. The van der Waals surface area contributed by atoms with Crippen LogP contribution in [-0.2, 0) is 16.6 Å². The van der Waals surface area contributed by atoms with Crippen molar-refractivity contribution in [3.05, 3.63) is 58.6 Å². The van der Waals surface area contributed by atoms with Crippen molar-refractivity contribution in [2.75, 3.05) is 12.8 Å². The molecule has 2 aromatic carbocycles. The molecule has 0 unspecified atom stereocenters. The number of sulfonamides is 1. The molecule has 0 bridgehead atoms. The van der Waals surface area contributed by atoms with E-state index in [0.29, 0.717) is 16.3 Å². The van der Waals surface area contributed by atoms with Crippen molar-refractivity contribution in [2.45, 2.75) is 18.4 Å². The van der Waals surface area contributed by atoms with Gasteiger partial charge >= 0.3 is 0 Å². The zero-order chi connectivity index (χ0) is 15.6. The van der Waals surface area contributed by atoms with Crippen LogP contribution in [0.4, 0.5) is 5.69 Å². The molecule has 0 heterocycles. The third kappa shape index (κ3) is 3.37. The van der Waals surface area contributed by atoms with Gasteiger partial charge < -0.3 is 5.73 Å². The van der Waals surface area contributed by atoms with E-state index in [4.69, 9.17) is 17.3 Å². The zero-order valence-corrected chi connectivity index (χ0v) is 13.4. The Morgan fingerprint density at radius 2 is 1.86 bits per heavy atom. The second kappa shape index (κ2) is 6.05. The molecule has 0 spiro atoms. The Labute approximate surface area is 130 Å². The van der Waals surface area contributed by atoms with Gasteiger partial charge in [0.1, 0.15) is 0 Å². The number of nitrogens with two attached hydrogens (primary N) is 1. The van der Waals surface area contributed by atoms with Gasteiger partial charge in [0, 0.05) is 24.3 Å². The fourth-order valence-corrected chi connectivity index (χ4v) is 3.68. The van der Waals surface area contributed by atoms with Crippen LogP contribution in [0.25, 0.3) is 0 Å². The molecule has 2 aromatic rings. The van der Waals surface area contributed by atoms with Crippen LogP contribution in [0.15, 0.2) is 47.4 Å². The Bertz CT molecular complexity index is 760. The molecule has 2 N–H and O–H groups in total. The van der Waals surface area contributed by atoms with Crippen molar-refractivity contribution in [1.29, 1.82) is 0 Å². The van der Waals surface area contributed by atoms with Gasteiger partial charge in [-0.05, 0) is 42.3 Å². The average Bonchev–Trinajstić information content (AvgIpc) is 2.41. The highest BCUT2D eigenvalue weighted by Crippen LogP contribution is 2.24. The maximum Gasteiger partial charge on any atom is 0.243 e. The molecule has 0 aromatic heterocycles. The maximum atomic E-state index is 12.6. The molecule has 0 aliphatic rings. The molecule has 0 aliphatic carbocycles. The van der Waals surface area contributed by atoms with E-state index in [1.165, 1.54) is 4.31 Å². The molecular weight excluding hydrogens is 308 g/mol. The average molecular weight is 325 g/mol. The van der Waals surface area contributed by atoms with Gasteiger partial charge in [-0.1, -0.05) is 29.8 Å². The quantitative estimate of drug-likeness (QED) is 0.879. The van der Waals surface area contributed by atoms with Crippen molar-refractivity contribution < 1.29 is 8.42 Å². The largest absolute Gasteiger partial charge is 0.398 e. The minimum atomic E-state index is -3.59. The first-order chi connectivity index (χ1) is 9.82. The summed E-state index contributed by atoms with van der Waals surface area (Å²) in [4.78, 5) is 0.229. The summed E-state index contributed by atoms with van der Waals surface area (Å²) < 4.78 is 26.6. The lowest BCUT2D eigenvalue weighted by Gasteiger charge is -2.19. The number of rotatable bonds is 4. The minimum Gasteiger partial charge on any atom is -0.398 e. The summed E-state index contributed by atoms with van der Waals surface area (Å²) in [5.41, 5.74) is 7.65. The van der Waals surface area contributed by atoms with Crippen LogP contribution in [0.3, 0.4) is 0 Å². The molecule has 4 nitrogen and oxygen atoms in total. The third-order valence-corrected chi connectivity index (χ3v) is 5.49. The van der Waals surface area contributed by atoms with Gasteiger partial charge in [-0.2, -0.15) is 4.31 Å². The lowest BCUT2D eigenvalue weighted by atomic mass is 10.2. The highest BCUT2D eigenvalue weighted by atomic mass is 35.5. The summed E-state index contributed by atoms with van der Waals surface area (Å²) in [6, 6.07) is 12.0. The van der Waals surface area contributed by atoms with Crippen molar-refractivity contribution in [3.8, 4) is 0 Å². The Hall–Kier alpha value is -1.56. The molecule has 112 valence electrons. The second-order valence-corrected chi connectivity index (χ2v) is 7.31. The van der Waals surface area contributed by atoms with Gasteiger partial charge in [-0.15, -0.1) is 0 Å². The number of halogens is 1. The molecule has 0 saturated carbocycles. The SMILES string of the molecule is Cc1c(N)cccc1S(=O)(=O)N(C)Cc1cccc(Cl)c1. The summed E-state index contributed by atoms with van der Waals surface area (Å²) in [7, 11) is -2.05. The van der Waals surface area contributed by atoms with Crippen molar-refractivity contribution in [1.82, 2.24) is 4.31 Å². The van der Waals surface area contributed by atoms with Crippen molar-refractivity contribution in [3.63, 3.8) is 0 Å². The Kier molecular flexibility index (Phi) is 4.56. The minimum absolute atomic E-state index is 0.229. The van der Waals surface area contributed by atoms with Crippen molar-refractivity contribution in [2.24, 2.45) is 0 Å². The summed E-state index contributed by atoms with van der Waals surface area (Å²) >= 11 is 5.92. The van der Waals surface area contributed by atoms with Crippen LogP contribution < -0.4 is 5.73 Å². The maximum absolute atomic E-state index is 12.6. The van der Waals surface area contributed by atoms with E-state index in [1.807, 2.05) is 6.07 Å². The molecule has 0 saturated heterocycles. The van der Waals surface area contributed by atoms with Gasteiger partial charge in [-0.25, -0.2) is 8.42 Å². The van der Waals surface area contributed by atoms with Gasteiger partial charge in [0.15, 0.2) is 0 Å². The molecule has 0 aliphatic heterocycles. The van der Waals surface area contributed by atoms with E-state index in [9.17, 15) is 8.42 Å². The number of nitrogens with zero attached hydrogens (tertiary/aromatic N) is 1. The molecule has 0 radical (unpaired) electrons. The summed E-state index contributed by atoms with van der Waals surface area (Å²) in [5, 5.41) is 0.582. The number of benzene rings is 2. The fraction of sp³-hybridized carbons (Fsp3) is 0.200. The van der Waals surface area contributed by atoms with Crippen molar-refractivity contribution >= 4 is 27.3 Å². The van der Waals surface area contributed by atoms with Crippen LogP contribution in [0, 0.1) is 6.92 Å². The van der Waals surface area contributed by atoms with Crippen LogP contribution in [0.1, 0.15) is 11.1 Å². The van der Waals surface area contributed by atoms with Crippen LogP contribution in [0.5, 0.6) is 0 Å². The molecule has 0 atom stereocenters. The highest BCUT2D eigenvalue weighted by molar-refractivity contribution is 7.89. The topological polar surface area (TPSA) is 63.4 Å². The molecule has 21 heavy (non-hydrogen) atoms. The van der Waals surface area contributed by atoms with Crippen LogP contribution >= 0.6 is 11.6 Å². The first-order valence-electron chi connectivity index (χ1n) is 6.38. The summed E-state index contributed by atoms with van der Waals surface area (Å²) in [6.45, 7) is 1.95. The van der Waals surface area contributed by atoms with E-state index >= 15 is 0 Å². The predicted octanol–water partition coefficient (Wildman–Crippen LogP) is 3.05. The zero-order valence-electron chi connectivity index (χ0n) is 11.9. The molecular formula is C15H17ClN2O2S. The molecule has 2 rings (SSSR count). The van der Waals surface area contributed by atoms with Gasteiger partial charge in [-0.3, -0.25) is 0 Å². The summed E-state index contributed by atoms with van der Waals surface area (Å²) in [5.74, 6) is 0. The van der Waals surface area contributed by atoms with E-state index in [-0.39, 0.29) is 11.4 Å². The van der Waals surface area contributed by atoms with Gasteiger partial charge in [0.2, 0.25) is 10.0 Å². The number of hydrogen-bond acceptors (Lipinski definition) is 3. The van der Waals surface area contributed by atoms with Gasteiger partial charge in [0.05, 0.1) is 4.90 Å². The lowest BCUT2D eigenvalue weighted by Crippen LogP contribution is -2.27. The molecule has 0 amide bonds. The first-order valence-corrected chi connectivity index (χ1v) is 8.20. The number of anilines is 1. The number of hydrogen-bond donors (Lipinski definition) is 1. The van der Waals surface area contributed by atoms with E-state index < -0.39 is 10.0 Å². The van der Waals surface area contributed by atoms with E-state index in [1.54, 1.807) is 50.4 Å². The predicted molar refractivity (Wildman–Crippen MR) is 85.7 cm³/mol. The van der Waals surface area contributed by atoms with Gasteiger partial charge in [0.25, 0.3) is 0 Å². The van der Waals surface area contributed by atoms with Crippen LogP contribution in [0.2, 0.25) is 5.02 Å². The third-order valence-electron chi connectivity index (χ3n) is 3.31. The Morgan fingerprint density at radius 1 is 1.19 bits per heavy atom. The molecule has 0 fully saturated rings. The highest BCUT2D eigenvalue weighted by Gasteiger charge is 2.23. The fourth-order valence-electron chi connectivity index (χ4n) is 2.06. The normalized spacial score (nSPS) is 11.8. The number of nitrogen functional groups attached to an aromatic ring is 1. The van der Waals surface area contributed by atoms with E-state index in [0.717, 1.165) is 5.56 Å². The second-order valence-electron chi connectivity index (χ2n) is 4.86.